The van der Waals surface area contributed by atoms with Gasteiger partial charge in [0.25, 0.3) is 9.05 Å². The van der Waals surface area contributed by atoms with E-state index < -0.39 is 9.05 Å². The molecule has 0 fully saturated rings. The molecule has 60 valence electrons. The monoisotopic (exact) mass is 303 g/mol. The Morgan fingerprint density at radius 1 is 1.55 bits per heavy atom. The molecule has 0 N–H and O–H groups in total. The van der Waals surface area contributed by atoms with E-state index in [1.807, 2.05) is 22.6 Å². The van der Waals surface area contributed by atoms with Crippen molar-refractivity contribution in [1.29, 1.82) is 0 Å². The molecule has 0 aliphatic rings. The number of aromatic nitrogens is 1. The topological polar surface area (TPSA) is 47.0 Å². The van der Waals surface area contributed by atoms with Crippen LogP contribution in [-0.2, 0) is 9.05 Å². The van der Waals surface area contributed by atoms with Gasteiger partial charge in [-0.2, -0.15) is 0 Å². The summed E-state index contributed by atoms with van der Waals surface area (Å²) < 4.78 is 22.2. The molecule has 0 radical (unpaired) electrons. The fraction of sp³-hybridized carbons (Fsp3) is 0. The first kappa shape index (κ1) is 9.21. The molecule has 1 heterocycles. The maximum atomic E-state index is 10.7. The SMILES string of the molecule is O=S(=O)(Cl)c1cc(I)ccn1. The van der Waals surface area contributed by atoms with Crippen LogP contribution in [0.15, 0.2) is 23.4 Å². The van der Waals surface area contributed by atoms with Crippen LogP contribution in [-0.4, -0.2) is 13.4 Å². The summed E-state index contributed by atoms with van der Waals surface area (Å²) in [6.07, 6.45) is 1.40. The average Bonchev–Trinajstić information content (AvgIpc) is 1.86. The van der Waals surface area contributed by atoms with Gasteiger partial charge in [0.05, 0.1) is 0 Å². The molecular weight excluding hydrogens is 300 g/mol. The third-order valence-corrected chi connectivity index (χ3v) is 2.81. The highest BCUT2D eigenvalue weighted by Gasteiger charge is 2.10. The van der Waals surface area contributed by atoms with Gasteiger partial charge < -0.3 is 0 Å². The lowest BCUT2D eigenvalue weighted by molar-refractivity contribution is 0.606. The smallest absolute Gasteiger partial charge is 0.243 e. The summed E-state index contributed by atoms with van der Waals surface area (Å²) in [5.41, 5.74) is 0. The van der Waals surface area contributed by atoms with Crippen molar-refractivity contribution in [3.8, 4) is 0 Å². The quantitative estimate of drug-likeness (QED) is 0.585. The van der Waals surface area contributed by atoms with Gasteiger partial charge in [0.1, 0.15) is 0 Å². The van der Waals surface area contributed by atoms with Gasteiger partial charge in [-0.05, 0) is 34.7 Å². The van der Waals surface area contributed by atoms with E-state index in [1.165, 1.54) is 12.3 Å². The van der Waals surface area contributed by atoms with Crippen LogP contribution < -0.4 is 0 Å². The van der Waals surface area contributed by atoms with E-state index in [0.717, 1.165) is 3.57 Å². The van der Waals surface area contributed by atoms with Crippen LogP contribution in [0.3, 0.4) is 0 Å². The molecule has 0 saturated carbocycles. The van der Waals surface area contributed by atoms with Gasteiger partial charge in [-0.1, -0.05) is 0 Å². The van der Waals surface area contributed by atoms with E-state index in [-0.39, 0.29) is 5.03 Å². The van der Waals surface area contributed by atoms with E-state index in [1.54, 1.807) is 6.07 Å². The Hall–Kier alpha value is 0.120. The lowest BCUT2D eigenvalue weighted by Crippen LogP contribution is -1.94. The van der Waals surface area contributed by atoms with Gasteiger partial charge in [-0.25, -0.2) is 13.4 Å². The van der Waals surface area contributed by atoms with Crippen molar-refractivity contribution in [3.05, 3.63) is 21.9 Å². The molecule has 1 rings (SSSR count). The summed E-state index contributed by atoms with van der Waals surface area (Å²) in [6, 6.07) is 3.09. The summed E-state index contributed by atoms with van der Waals surface area (Å²) in [7, 11) is 1.37. The highest BCUT2D eigenvalue weighted by atomic mass is 127. The lowest BCUT2D eigenvalue weighted by atomic mass is 10.5. The summed E-state index contributed by atoms with van der Waals surface area (Å²) in [6.45, 7) is 0. The fourth-order valence-electron chi connectivity index (χ4n) is 0.519. The zero-order valence-electron chi connectivity index (χ0n) is 5.16. The Labute approximate surface area is 82.3 Å². The van der Waals surface area contributed by atoms with Crippen molar-refractivity contribution in [3.63, 3.8) is 0 Å². The van der Waals surface area contributed by atoms with Crippen LogP contribution in [0.5, 0.6) is 0 Å². The number of halogens is 2. The standard InChI is InChI=1S/C5H3ClINO2S/c6-11(9,10)5-3-4(7)1-2-8-5/h1-3H. The summed E-state index contributed by atoms with van der Waals surface area (Å²) in [4.78, 5) is 3.59. The second-order valence-corrected chi connectivity index (χ2v) is 5.51. The third-order valence-electron chi connectivity index (χ3n) is 0.947. The first-order chi connectivity index (χ1) is 5.00. The van der Waals surface area contributed by atoms with Crippen molar-refractivity contribution in [2.24, 2.45) is 0 Å². The molecule has 0 aromatic carbocycles. The number of rotatable bonds is 1. The zero-order valence-corrected chi connectivity index (χ0v) is 8.89. The van der Waals surface area contributed by atoms with Crippen molar-refractivity contribution < 1.29 is 8.42 Å². The molecule has 0 aliphatic heterocycles. The number of pyridine rings is 1. The van der Waals surface area contributed by atoms with E-state index in [2.05, 4.69) is 4.98 Å². The van der Waals surface area contributed by atoms with Gasteiger partial charge in [-0.15, -0.1) is 0 Å². The maximum Gasteiger partial charge on any atom is 0.278 e. The molecule has 0 unspecified atom stereocenters. The third kappa shape index (κ3) is 2.57. The van der Waals surface area contributed by atoms with Crippen molar-refractivity contribution >= 4 is 42.3 Å². The van der Waals surface area contributed by atoms with E-state index >= 15 is 0 Å². The van der Waals surface area contributed by atoms with Gasteiger partial charge >= 0.3 is 0 Å². The molecular formula is C5H3ClINO2S. The average molecular weight is 304 g/mol. The van der Waals surface area contributed by atoms with Gasteiger partial charge in [0, 0.05) is 20.4 Å². The largest absolute Gasteiger partial charge is 0.278 e. The van der Waals surface area contributed by atoms with Crippen LogP contribution in [0.25, 0.3) is 0 Å². The highest BCUT2D eigenvalue weighted by Crippen LogP contribution is 2.13. The second-order valence-electron chi connectivity index (χ2n) is 1.75. The Morgan fingerprint density at radius 2 is 2.18 bits per heavy atom. The minimum atomic E-state index is -3.67. The Bertz CT molecular complexity index is 365. The molecule has 1 aromatic heterocycles. The molecule has 3 nitrogen and oxygen atoms in total. The van der Waals surface area contributed by atoms with Crippen LogP contribution in [0.4, 0.5) is 0 Å². The Kier molecular flexibility index (Phi) is 2.71. The lowest BCUT2D eigenvalue weighted by Gasteiger charge is -1.93. The van der Waals surface area contributed by atoms with Crippen molar-refractivity contribution in [2.75, 3.05) is 0 Å². The van der Waals surface area contributed by atoms with Crippen molar-refractivity contribution in [2.45, 2.75) is 5.03 Å². The van der Waals surface area contributed by atoms with E-state index in [4.69, 9.17) is 10.7 Å². The van der Waals surface area contributed by atoms with Crippen LogP contribution in [0.1, 0.15) is 0 Å². The first-order valence-corrected chi connectivity index (χ1v) is 5.95. The maximum absolute atomic E-state index is 10.7. The summed E-state index contributed by atoms with van der Waals surface area (Å²) in [5.74, 6) is 0. The molecule has 0 atom stereocenters. The molecule has 11 heavy (non-hydrogen) atoms. The fourth-order valence-corrected chi connectivity index (χ4v) is 1.89. The highest BCUT2D eigenvalue weighted by molar-refractivity contribution is 14.1. The molecule has 0 amide bonds. The minimum Gasteiger partial charge on any atom is -0.243 e. The molecule has 0 saturated heterocycles. The van der Waals surface area contributed by atoms with Crippen LogP contribution in [0.2, 0.25) is 0 Å². The van der Waals surface area contributed by atoms with Gasteiger partial charge in [0.2, 0.25) is 0 Å². The van der Waals surface area contributed by atoms with E-state index in [9.17, 15) is 8.42 Å². The number of hydrogen-bond acceptors (Lipinski definition) is 3. The zero-order chi connectivity index (χ0) is 8.48. The van der Waals surface area contributed by atoms with E-state index in [0.29, 0.717) is 0 Å². The summed E-state index contributed by atoms with van der Waals surface area (Å²) >= 11 is 1.98. The normalized spacial score (nSPS) is 11.5. The van der Waals surface area contributed by atoms with Gasteiger partial charge in [-0.3, -0.25) is 0 Å². The van der Waals surface area contributed by atoms with Crippen LogP contribution in [0, 0.1) is 3.57 Å². The summed E-state index contributed by atoms with van der Waals surface area (Å²) in [5, 5.41) is -0.105. The second kappa shape index (κ2) is 3.24. The molecule has 0 aliphatic carbocycles. The first-order valence-electron chi connectivity index (χ1n) is 2.56. The Morgan fingerprint density at radius 3 is 2.55 bits per heavy atom. The molecule has 0 spiro atoms. The Balaban J connectivity index is 3.28. The van der Waals surface area contributed by atoms with Gasteiger partial charge in [0.15, 0.2) is 5.03 Å². The van der Waals surface area contributed by atoms with Crippen LogP contribution >= 0.6 is 33.3 Å². The predicted molar refractivity (Wildman–Crippen MR) is 50.0 cm³/mol. The predicted octanol–water partition coefficient (Wildman–Crippen LogP) is 1.61. The number of nitrogens with zero attached hydrogens (tertiary/aromatic N) is 1. The molecule has 6 heteroatoms. The minimum absolute atomic E-state index is 0.105. The number of hydrogen-bond donors (Lipinski definition) is 0. The molecule has 1 aromatic rings. The molecule has 0 bridgehead atoms. The van der Waals surface area contributed by atoms with Crippen molar-refractivity contribution in [1.82, 2.24) is 4.98 Å².